The molecule has 0 unspecified atom stereocenters. The van der Waals surface area contributed by atoms with Crippen molar-refractivity contribution in [2.45, 2.75) is 26.1 Å². The lowest BCUT2D eigenvalue weighted by Crippen LogP contribution is -2.09. The molecular weight excluding hydrogens is 604 g/mol. The van der Waals surface area contributed by atoms with Gasteiger partial charge in [-0.2, -0.15) is 0 Å². The topological polar surface area (TPSA) is 88.1 Å². The van der Waals surface area contributed by atoms with Gasteiger partial charge >= 0.3 is 18.1 Å². The van der Waals surface area contributed by atoms with E-state index in [-0.39, 0.29) is 32.4 Å². The van der Waals surface area contributed by atoms with Gasteiger partial charge in [-0.25, -0.2) is 14.4 Å². The Morgan fingerprint density at radius 1 is 0.479 bits per heavy atom. The van der Waals surface area contributed by atoms with E-state index >= 15 is 0 Å². The highest BCUT2D eigenvalue weighted by molar-refractivity contribution is 5.90. The van der Waals surface area contributed by atoms with E-state index < -0.39 is 12.1 Å². The summed E-state index contributed by atoms with van der Waals surface area (Å²) in [7, 11) is 0. The van der Waals surface area contributed by atoms with Crippen molar-refractivity contribution < 1.29 is 33.3 Å². The maximum absolute atomic E-state index is 12.4. The molecule has 7 heteroatoms. The van der Waals surface area contributed by atoms with Crippen molar-refractivity contribution in [1.82, 2.24) is 0 Å². The van der Waals surface area contributed by atoms with Gasteiger partial charge in [-0.15, -0.1) is 0 Å². The van der Waals surface area contributed by atoms with E-state index in [1.165, 1.54) is 0 Å². The summed E-state index contributed by atoms with van der Waals surface area (Å²) in [5.74, 6) is -0.780. The van der Waals surface area contributed by atoms with Crippen molar-refractivity contribution in [3.05, 3.63) is 167 Å². The van der Waals surface area contributed by atoms with Crippen LogP contribution >= 0.6 is 0 Å². The lowest BCUT2D eigenvalue weighted by molar-refractivity contribution is 0.0432. The van der Waals surface area contributed by atoms with Crippen LogP contribution in [0, 0.1) is 0 Å². The fourth-order valence-electron chi connectivity index (χ4n) is 4.32. The Morgan fingerprint density at radius 3 is 1.23 bits per heavy atom. The van der Waals surface area contributed by atoms with Gasteiger partial charge in [-0.1, -0.05) is 122 Å². The first kappa shape index (κ1) is 34.9. The van der Waals surface area contributed by atoms with Crippen LogP contribution in [-0.4, -0.2) is 31.3 Å². The van der Waals surface area contributed by atoms with Gasteiger partial charge in [0.05, 0.1) is 24.3 Å². The molecule has 0 radical (unpaired) electrons. The zero-order valence-electron chi connectivity index (χ0n) is 26.7. The third-order valence-electron chi connectivity index (χ3n) is 7.13. The van der Waals surface area contributed by atoms with E-state index in [0.29, 0.717) is 24.0 Å². The van der Waals surface area contributed by atoms with Gasteiger partial charge in [-0.3, -0.25) is 0 Å². The second-order valence-electron chi connectivity index (χ2n) is 10.7. The van der Waals surface area contributed by atoms with Crippen molar-refractivity contribution in [1.29, 1.82) is 0 Å². The quantitative estimate of drug-likeness (QED) is 0.0521. The smallest absolute Gasteiger partial charge is 0.462 e. The third-order valence-corrected chi connectivity index (χ3v) is 7.13. The van der Waals surface area contributed by atoms with Crippen molar-refractivity contribution in [3.8, 4) is 0 Å². The second kappa shape index (κ2) is 18.9. The summed E-state index contributed by atoms with van der Waals surface area (Å²) >= 11 is 0. The number of ether oxygens (including phenoxy) is 4. The number of rotatable bonds is 16. The Hall–Kier alpha value is -5.95. The molecule has 0 aromatic heterocycles. The lowest BCUT2D eigenvalue weighted by Gasteiger charge is -2.07. The predicted octanol–water partition coefficient (Wildman–Crippen LogP) is 9.35. The van der Waals surface area contributed by atoms with Crippen LogP contribution in [-0.2, 0) is 32.2 Å². The van der Waals surface area contributed by atoms with Gasteiger partial charge < -0.3 is 18.9 Å². The first-order valence-electron chi connectivity index (χ1n) is 15.5. The van der Waals surface area contributed by atoms with Crippen LogP contribution in [0.15, 0.2) is 122 Å². The minimum Gasteiger partial charge on any atom is -0.462 e. The van der Waals surface area contributed by atoms with E-state index in [0.717, 1.165) is 33.4 Å². The molecule has 4 rings (SSSR count). The number of allylic oxidation sites excluding steroid dienone is 2. The maximum Gasteiger partial charge on any atom is 0.508 e. The number of carbonyl (C=O) groups is 3. The predicted molar refractivity (Wildman–Crippen MR) is 189 cm³/mol. The molecule has 0 spiro atoms. The molecule has 0 aliphatic heterocycles. The molecular formula is C41H38O7. The molecule has 0 amide bonds. The van der Waals surface area contributed by atoms with Gasteiger partial charge in [0.1, 0.15) is 13.2 Å². The molecule has 4 aromatic rings. The van der Waals surface area contributed by atoms with Gasteiger partial charge in [0.25, 0.3) is 0 Å². The molecule has 7 nitrogen and oxygen atoms in total. The van der Waals surface area contributed by atoms with E-state index in [4.69, 9.17) is 18.9 Å². The molecule has 0 aliphatic rings. The van der Waals surface area contributed by atoms with Crippen LogP contribution < -0.4 is 0 Å². The highest BCUT2D eigenvalue weighted by atomic mass is 16.7. The molecule has 244 valence electrons. The Bertz CT molecular complexity index is 1710. The van der Waals surface area contributed by atoms with Gasteiger partial charge in [0, 0.05) is 0 Å². The number of hydrogen-bond donors (Lipinski definition) is 0. The van der Waals surface area contributed by atoms with Gasteiger partial charge in [-0.05, 0) is 70.5 Å². The average Bonchev–Trinajstić information content (AvgIpc) is 3.13. The van der Waals surface area contributed by atoms with E-state index in [1.54, 1.807) is 48.6 Å². The zero-order valence-corrected chi connectivity index (χ0v) is 26.7. The summed E-state index contributed by atoms with van der Waals surface area (Å²) in [6, 6.07) is 29.4. The first-order chi connectivity index (χ1) is 23.4. The summed E-state index contributed by atoms with van der Waals surface area (Å²) in [5, 5.41) is 0. The highest BCUT2D eigenvalue weighted by Gasteiger charge is 2.09. The van der Waals surface area contributed by atoms with Crippen molar-refractivity contribution in [2.75, 3.05) is 13.2 Å². The number of hydrogen-bond acceptors (Lipinski definition) is 7. The fraction of sp³-hybridized carbons (Fsp3) is 0.146. The van der Waals surface area contributed by atoms with Gasteiger partial charge in [0.2, 0.25) is 0 Å². The first-order valence-corrected chi connectivity index (χ1v) is 15.5. The molecule has 0 saturated carbocycles. The van der Waals surface area contributed by atoms with E-state index in [1.807, 2.05) is 85.0 Å². The van der Waals surface area contributed by atoms with Crippen LogP contribution in [0.1, 0.15) is 66.9 Å². The highest BCUT2D eigenvalue weighted by Crippen LogP contribution is 2.12. The molecule has 4 aromatic carbocycles. The molecule has 0 atom stereocenters. The maximum atomic E-state index is 12.4. The van der Waals surface area contributed by atoms with Crippen molar-refractivity contribution in [3.63, 3.8) is 0 Å². The van der Waals surface area contributed by atoms with E-state index in [9.17, 15) is 14.4 Å². The molecule has 48 heavy (non-hydrogen) atoms. The molecule has 0 N–H and O–H groups in total. The van der Waals surface area contributed by atoms with Crippen LogP contribution in [0.5, 0.6) is 0 Å². The normalized spacial score (nSPS) is 10.8. The SMILES string of the molecule is C=Cc1ccc(COC(=O)OCc2ccc(/C=C/C=C/c3ccc(C(=O)OCCCCOC(=O)c4ccc(C=C)cc4)cc3)cc2)cc1. The van der Waals surface area contributed by atoms with E-state index in [2.05, 4.69) is 13.2 Å². The average molecular weight is 643 g/mol. The standard InChI is InChI=1S/C41H38O7/c1-3-31-11-15-35(16-12-31)29-47-41(44)48-30-36-17-13-33(14-18-36)9-5-6-10-34-21-25-38(26-22-34)40(43)46-28-8-7-27-45-39(42)37-23-19-32(4-2)20-24-37/h3-6,9-26H,1-2,7-8,27-30H2/b9-5+,10-6+. The number of esters is 2. The molecule has 0 saturated heterocycles. The summed E-state index contributed by atoms with van der Waals surface area (Å²) in [6.07, 6.45) is 11.6. The number of benzene rings is 4. The molecule has 0 bridgehead atoms. The lowest BCUT2D eigenvalue weighted by atomic mass is 10.1. The summed E-state index contributed by atoms with van der Waals surface area (Å²) in [4.78, 5) is 36.4. The Balaban J connectivity index is 1.09. The molecule has 0 aliphatic carbocycles. The van der Waals surface area contributed by atoms with Crippen molar-refractivity contribution in [2.24, 2.45) is 0 Å². The van der Waals surface area contributed by atoms with Crippen LogP contribution in [0.4, 0.5) is 4.79 Å². The summed E-state index contributed by atoms with van der Waals surface area (Å²) in [6.45, 7) is 8.16. The molecule has 0 heterocycles. The van der Waals surface area contributed by atoms with Gasteiger partial charge in [0.15, 0.2) is 0 Å². The number of unbranched alkanes of at least 4 members (excludes halogenated alkanes) is 1. The van der Waals surface area contributed by atoms with Crippen LogP contribution in [0.2, 0.25) is 0 Å². The summed E-state index contributed by atoms with van der Waals surface area (Å²) in [5.41, 5.74) is 6.52. The van der Waals surface area contributed by atoms with Crippen molar-refractivity contribution >= 4 is 42.4 Å². The fourth-order valence-corrected chi connectivity index (χ4v) is 4.32. The third kappa shape index (κ3) is 11.8. The zero-order chi connectivity index (χ0) is 34.0. The largest absolute Gasteiger partial charge is 0.508 e. The summed E-state index contributed by atoms with van der Waals surface area (Å²) < 4.78 is 21.0. The minimum absolute atomic E-state index is 0.117. The Kier molecular flexibility index (Phi) is 13.7. The minimum atomic E-state index is -0.721. The van der Waals surface area contributed by atoms with Crippen LogP contribution in [0.25, 0.3) is 24.3 Å². The Labute approximate surface area is 281 Å². The monoisotopic (exact) mass is 642 g/mol. The molecule has 0 fully saturated rings. The number of carbonyl (C=O) groups excluding carboxylic acids is 3. The Morgan fingerprint density at radius 2 is 0.833 bits per heavy atom. The van der Waals surface area contributed by atoms with Crippen LogP contribution in [0.3, 0.4) is 0 Å². The second-order valence-corrected chi connectivity index (χ2v) is 10.7.